The number of benzene rings is 3. The minimum atomic E-state index is -0.940. The van der Waals surface area contributed by atoms with Crippen molar-refractivity contribution in [3.05, 3.63) is 95.0 Å². The van der Waals surface area contributed by atoms with Gasteiger partial charge in [-0.05, 0) is 99.0 Å². The van der Waals surface area contributed by atoms with Crippen molar-refractivity contribution in [1.29, 1.82) is 0 Å². The molecule has 364 valence electrons. The molecular formula is C51H63N11O6S. The second-order valence-corrected chi connectivity index (χ2v) is 20.3. The highest BCUT2D eigenvalue weighted by Gasteiger charge is 2.44. The molecule has 18 heteroatoms. The van der Waals surface area contributed by atoms with Crippen LogP contribution in [0, 0.1) is 12.3 Å². The number of aromatic amines is 1. The first kappa shape index (κ1) is 48.9. The van der Waals surface area contributed by atoms with E-state index in [-0.39, 0.29) is 56.0 Å². The summed E-state index contributed by atoms with van der Waals surface area (Å²) in [5.41, 5.74) is 7.75. The highest BCUT2D eigenvalue weighted by atomic mass is 32.1. The molecule has 5 heterocycles. The van der Waals surface area contributed by atoms with E-state index in [2.05, 4.69) is 48.2 Å². The maximum Gasteiger partial charge on any atom is 0.255 e. The van der Waals surface area contributed by atoms with Crippen LogP contribution in [0.1, 0.15) is 100 Å². The molecule has 2 aliphatic heterocycles. The first-order valence-electron chi connectivity index (χ1n) is 23.9. The summed E-state index contributed by atoms with van der Waals surface area (Å²) in [7, 11) is 0. The summed E-state index contributed by atoms with van der Waals surface area (Å²) in [5.74, 6) is -0.606. The zero-order chi connectivity index (χ0) is 48.8. The van der Waals surface area contributed by atoms with E-state index in [1.807, 2.05) is 81.7 Å². The lowest BCUT2D eigenvalue weighted by molar-refractivity contribution is -0.144. The fourth-order valence-corrected chi connectivity index (χ4v) is 10.0. The predicted molar refractivity (Wildman–Crippen MR) is 266 cm³/mol. The summed E-state index contributed by atoms with van der Waals surface area (Å²) in [6.07, 6.45) is 4.56. The quantitative estimate of drug-likeness (QED) is 0.0547. The van der Waals surface area contributed by atoms with Gasteiger partial charge in [0.1, 0.15) is 17.9 Å². The van der Waals surface area contributed by atoms with Crippen molar-refractivity contribution in [1.82, 2.24) is 50.5 Å². The number of fused-ring (bicyclic) bond motifs is 2. The Morgan fingerprint density at radius 1 is 0.971 bits per heavy atom. The highest BCUT2D eigenvalue weighted by molar-refractivity contribution is 7.13. The van der Waals surface area contributed by atoms with Crippen LogP contribution in [0.15, 0.2) is 72.4 Å². The van der Waals surface area contributed by atoms with Crippen LogP contribution in [0.25, 0.3) is 32.4 Å². The molecule has 0 saturated carbocycles. The molecule has 0 aliphatic carbocycles. The third-order valence-corrected chi connectivity index (χ3v) is 14.1. The summed E-state index contributed by atoms with van der Waals surface area (Å²) in [5, 5.41) is 27.6. The maximum atomic E-state index is 14.0. The van der Waals surface area contributed by atoms with Crippen LogP contribution >= 0.6 is 11.3 Å². The molecule has 0 spiro atoms. The van der Waals surface area contributed by atoms with Crippen LogP contribution in [-0.4, -0.2) is 113 Å². The van der Waals surface area contributed by atoms with Crippen LogP contribution in [-0.2, 0) is 38.8 Å². The summed E-state index contributed by atoms with van der Waals surface area (Å²) < 4.78 is 1.78. The van der Waals surface area contributed by atoms with Crippen molar-refractivity contribution in [3.8, 4) is 10.4 Å². The van der Waals surface area contributed by atoms with Crippen molar-refractivity contribution in [2.45, 2.75) is 123 Å². The van der Waals surface area contributed by atoms with Gasteiger partial charge in [-0.2, -0.15) is 5.10 Å². The zero-order valence-corrected chi connectivity index (χ0v) is 40.8. The Balaban J connectivity index is 0.751. The molecule has 3 aromatic heterocycles. The smallest absolute Gasteiger partial charge is 0.255 e. The van der Waals surface area contributed by atoms with Crippen LogP contribution in [0.4, 0.5) is 5.69 Å². The number of thiazole rings is 1. The number of rotatable bonds is 18. The van der Waals surface area contributed by atoms with Gasteiger partial charge in [-0.3, -0.25) is 33.6 Å². The van der Waals surface area contributed by atoms with E-state index in [1.165, 1.54) is 17.7 Å². The molecule has 6 aromatic rings. The summed E-state index contributed by atoms with van der Waals surface area (Å²) in [4.78, 5) is 84.1. The lowest BCUT2D eigenvalue weighted by Gasteiger charge is -2.35. The van der Waals surface area contributed by atoms with Gasteiger partial charge in [-0.15, -0.1) is 11.3 Å². The Kier molecular flexibility index (Phi) is 15.2. The van der Waals surface area contributed by atoms with Gasteiger partial charge in [-0.1, -0.05) is 45.0 Å². The fourth-order valence-electron chi connectivity index (χ4n) is 9.22. The molecule has 0 radical (unpaired) electrons. The number of aryl methyl sites for hydroxylation is 1. The molecule has 8 rings (SSSR count). The number of aromatic nitrogens is 5. The number of hydrogen-bond donors (Lipinski definition) is 6. The number of anilines is 1. The largest absolute Gasteiger partial charge is 0.391 e. The topological polar surface area (TPSA) is 220 Å². The molecule has 2 fully saturated rings. The SMILES string of the molecule is Cc1ncsc1-c1ccc(CNC(=O)[C@@H]2C[C@@H](O)CN2C(=O)[C@@H](NC(=O)CCCCC(=O)NCCn2ncc3cc(C(=O)Nc4ccc5nc(CN6CCC[C@@H]6C)[nH]c5c4)ccc32)C(C)(C)C)cc1. The lowest BCUT2D eigenvalue weighted by Crippen LogP contribution is -2.57. The molecule has 69 heavy (non-hydrogen) atoms. The maximum absolute atomic E-state index is 14.0. The molecule has 4 atom stereocenters. The van der Waals surface area contributed by atoms with E-state index in [4.69, 9.17) is 4.98 Å². The average molecular weight is 958 g/mol. The van der Waals surface area contributed by atoms with Gasteiger partial charge in [-0.25, -0.2) is 9.97 Å². The second kappa shape index (κ2) is 21.4. The Bertz CT molecular complexity index is 2810. The predicted octanol–water partition coefficient (Wildman–Crippen LogP) is 6.07. The molecule has 2 saturated heterocycles. The van der Waals surface area contributed by atoms with Crippen molar-refractivity contribution < 1.29 is 29.1 Å². The molecule has 5 amide bonds. The zero-order valence-electron chi connectivity index (χ0n) is 40.0. The van der Waals surface area contributed by atoms with Crippen LogP contribution in [0.3, 0.4) is 0 Å². The molecular weight excluding hydrogens is 895 g/mol. The second-order valence-electron chi connectivity index (χ2n) is 19.5. The standard InChI is InChI=1S/C51H63N11O6S/c1-31-9-8-21-60(31)29-43-57-39-18-17-37(24-40(39)58-43)56-48(66)35-16-19-41-36(23-35)27-55-62(41)22-20-52-44(64)10-6-7-11-45(65)59-47(51(3,4)5)50(68)61-28-38(63)25-42(61)49(67)53-26-33-12-14-34(15-13-33)46-32(2)54-30-69-46/h12-19,23-24,27,30-31,38,42,47,63H,6-11,20-22,25-26,28-29H2,1-5H3,(H,52,64)(H,53,67)(H,56,66)(H,57,58)(H,59,65)/t31-,38+,42-,47+/m0/s1. The van der Waals surface area contributed by atoms with Crippen LogP contribution < -0.4 is 21.3 Å². The number of H-pyrrole nitrogens is 1. The molecule has 6 N–H and O–H groups in total. The summed E-state index contributed by atoms with van der Waals surface area (Å²) in [6, 6.07) is 17.7. The Labute approximate surface area is 405 Å². The number of amides is 5. The number of unbranched alkanes of at least 4 members (excludes halogenated alkanes) is 1. The average Bonchev–Trinajstić information content (AvgIpc) is 4.18. The van der Waals surface area contributed by atoms with Gasteiger partial charge in [0.15, 0.2) is 0 Å². The number of nitrogens with one attached hydrogen (secondary N) is 5. The molecule has 3 aromatic carbocycles. The van der Waals surface area contributed by atoms with Gasteiger partial charge in [0.25, 0.3) is 5.91 Å². The van der Waals surface area contributed by atoms with Crippen molar-refractivity contribution in [3.63, 3.8) is 0 Å². The van der Waals surface area contributed by atoms with E-state index >= 15 is 0 Å². The number of carbonyl (C=O) groups is 5. The third-order valence-electron chi connectivity index (χ3n) is 13.2. The number of carbonyl (C=O) groups excluding carboxylic acids is 5. The van der Waals surface area contributed by atoms with Gasteiger partial charge < -0.3 is 36.3 Å². The summed E-state index contributed by atoms with van der Waals surface area (Å²) >= 11 is 1.57. The molecule has 2 aliphatic rings. The van der Waals surface area contributed by atoms with Crippen molar-refractivity contribution >= 4 is 68.5 Å². The minimum absolute atomic E-state index is 0.0150. The van der Waals surface area contributed by atoms with Gasteiger partial charge in [0.05, 0.1) is 58.0 Å². The first-order valence-corrected chi connectivity index (χ1v) is 24.8. The minimum Gasteiger partial charge on any atom is -0.391 e. The van der Waals surface area contributed by atoms with Crippen LogP contribution in [0.2, 0.25) is 0 Å². The number of nitrogens with zero attached hydrogens (tertiary/aromatic N) is 6. The van der Waals surface area contributed by atoms with Gasteiger partial charge in [0, 0.05) is 61.6 Å². The third kappa shape index (κ3) is 12.0. The highest BCUT2D eigenvalue weighted by Crippen LogP contribution is 2.29. The van der Waals surface area contributed by atoms with E-state index in [0.29, 0.717) is 43.2 Å². The number of β-amino-alcohol motifs (C(OH)–C–C–N with tert-alkyl or cyclic N) is 1. The fraction of sp³-hybridized carbons (Fsp3) is 0.451. The van der Waals surface area contributed by atoms with Crippen molar-refractivity contribution in [2.75, 3.05) is 25.0 Å². The number of likely N-dealkylation sites (tertiary alicyclic amines) is 2. The number of aliphatic hydroxyl groups is 1. The normalized spacial score (nSPS) is 17.9. The van der Waals surface area contributed by atoms with Gasteiger partial charge >= 0.3 is 0 Å². The Morgan fingerprint density at radius 3 is 2.48 bits per heavy atom. The number of aliphatic hydroxyl groups excluding tert-OH is 1. The lowest BCUT2D eigenvalue weighted by atomic mass is 9.85. The Morgan fingerprint density at radius 2 is 1.75 bits per heavy atom. The van der Waals surface area contributed by atoms with E-state index < -0.39 is 29.5 Å². The van der Waals surface area contributed by atoms with Gasteiger partial charge in [0.2, 0.25) is 23.6 Å². The van der Waals surface area contributed by atoms with E-state index in [0.717, 1.165) is 62.5 Å². The van der Waals surface area contributed by atoms with Crippen LogP contribution in [0.5, 0.6) is 0 Å². The number of imidazole rings is 1. The first-order chi connectivity index (χ1) is 33.1. The van der Waals surface area contributed by atoms with E-state index in [1.54, 1.807) is 34.3 Å². The molecule has 17 nitrogen and oxygen atoms in total. The molecule has 0 bridgehead atoms. The summed E-state index contributed by atoms with van der Waals surface area (Å²) in [6.45, 7) is 12.6. The Hall–Kier alpha value is -6.50. The molecule has 0 unspecified atom stereocenters. The number of hydrogen-bond acceptors (Lipinski definition) is 11. The van der Waals surface area contributed by atoms with Crippen molar-refractivity contribution in [2.24, 2.45) is 5.41 Å². The monoisotopic (exact) mass is 957 g/mol. The van der Waals surface area contributed by atoms with E-state index in [9.17, 15) is 29.1 Å².